The van der Waals surface area contributed by atoms with Crippen molar-refractivity contribution in [3.05, 3.63) is 45.9 Å². The van der Waals surface area contributed by atoms with Gasteiger partial charge in [0.1, 0.15) is 5.01 Å². The van der Waals surface area contributed by atoms with E-state index in [1.807, 2.05) is 13.8 Å². The summed E-state index contributed by atoms with van der Waals surface area (Å²) in [6.45, 7) is 4.63. The Balaban J connectivity index is 2.10. The van der Waals surface area contributed by atoms with Crippen molar-refractivity contribution in [3.63, 3.8) is 0 Å². The molecule has 0 aliphatic rings. The first kappa shape index (κ1) is 22.7. The minimum Gasteiger partial charge on any atom is -0.464 e. The lowest BCUT2D eigenvalue weighted by molar-refractivity contribution is -0.137. The smallest absolute Gasteiger partial charge is 0.416 e. The van der Waals surface area contributed by atoms with Gasteiger partial charge in [0.25, 0.3) is 0 Å². The van der Waals surface area contributed by atoms with Gasteiger partial charge < -0.3 is 15.0 Å². The Morgan fingerprint density at radius 3 is 2.45 bits per heavy atom. The molecule has 0 aliphatic carbocycles. The first-order chi connectivity index (χ1) is 13.6. The minimum absolute atomic E-state index is 0.166. The van der Waals surface area contributed by atoms with E-state index in [1.165, 1.54) is 35.5 Å². The van der Waals surface area contributed by atoms with E-state index in [0.717, 1.165) is 18.6 Å². The van der Waals surface area contributed by atoms with Gasteiger partial charge in [-0.05, 0) is 36.6 Å². The van der Waals surface area contributed by atoms with Crippen LogP contribution in [0.1, 0.15) is 41.3 Å². The highest BCUT2D eigenvalue weighted by Gasteiger charge is 2.30. The molecule has 0 fully saturated rings. The van der Waals surface area contributed by atoms with Crippen LogP contribution in [0.15, 0.2) is 29.6 Å². The maximum absolute atomic E-state index is 12.7. The predicted octanol–water partition coefficient (Wildman–Crippen LogP) is 5.03. The molecular weight excluding hydrogens is 407 g/mol. The molecule has 1 N–H and O–H groups in total. The lowest BCUT2D eigenvalue weighted by atomic mass is 10.1. The highest BCUT2D eigenvalue weighted by molar-refractivity contribution is 7.09. The third kappa shape index (κ3) is 6.74. The highest BCUT2D eigenvalue weighted by Crippen LogP contribution is 2.30. The van der Waals surface area contributed by atoms with Crippen LogP contribution in [-0.4, -0.2) is 35.5 Å². The van der Waals surface area contributed by atoms with Gasteiger partial charge >= 0.3 is 18.2 Å². The molecule has 6 nitrogen and oxygen atoms in total. The number of esters is 1. The summed E-state index contributed by atoms with van der Waals surface area (Å²) >= 11 is 1.23. The number of halogens is 3. The number of methoxy groups -OCH3 is 1. The number of hydrogen-bond acceptors (Lipinski definition) is 5. The van der Waals surface area contributed by atoms with Gasteiger partial charge in [0, 0.05) is 17.6 Å². The van der Waals surface area contributed by atoms with E-state index in [4.69, 9.17) is 0 Å². The van der Waals surface area contributed by atoms with Crippen molar-refractivity contribution in [1.82, 2.24) is 9.88 Å². The van der Waals surface area contributed by atoms with Crippen molar-refractivity contribution < 1.29 is 27.5 Å². The number of ether oxygens (including phenoxy) is 1. The van der Waals surface area contributed by atoms with E-state index in [9.17, 15) is 22.8 Å². The summed E-state index contributed by atoms with van der Waals surface area (Å²) in [7, 11) is 1.26. The van der Waals surface area contributed by atoms with Crippen molar-refractivity contribution in [3.8, 4) is 0 Å². The number of nitrogens with one attached hydrogen (secondary N) is 1. The molecule has 10 heteroatoms. The maximum atomic E-state index is 12.7. The summed E-state index contributed by atoms with van der Waals surface area (Å²) in [4.78, 5) is 29.9. The van der Waals surface area contributed by atoms with Crippen LogP contribution in [0.2, 0.25) is 0 Å². The average Bonchev–Trinajstić information content (AvgIpc) is 3.12. The van der Waals surface area contributed by atoms with Gasteiger partial charge in [-0.3, -0.25) is 0 Å². The number of carbonyl (C=O) groups is 2. The molecular formula is C19H22F3N3O3S. The molecule has 2 amide bonds. The van der Waals surface area contributed by atoms with Crippen molar-refractivity contribution in [2.45, 2.75) is 33.0 Å². The Labute approximate surface area is 170 Å². The molecule has 0 bridgehead atoms. The number of aromatic nitrogens is 1. The largest absolute Gasteiger partial charge is 0.464 e. The fraction of sp³-hybridized carbons (Fsp3) is 0.421. The fourth-order valence-electron chi connectivity index (χ4n) is 2.36. The molecule has 0 atom stereocenters. The molecule has 1 heterocycles. The maximum Gasteiger partial charge on any atom is 0.416 e. The van der Waals surface area contributed by atoms with E-state index in [0.29, 0.717) is 17.5 Å². The normalized spacial score (nSPS) is 11.4. The second kappa shape index (κ2) is 9.73. The van der Waals surface area contributed by atoms with Crippen molar-refractivity contribution in [2.75, 3.05) is 19.0 Å². The van der Waals surface area contributed by atoms with Crippen LogP contribution in [0.3, 0.4) is 0 Å². The second-order valence-corrected chi connectivity index (χ2v) is 7.67. The van der Waals surface area contributed by atoms with Gasteiger partial charge in [0.2, 0.25) is 0 Å². The molecule has 29 heavy (non-hydrogen) atoms. The lowest BCUT2D eigenvalue weighted by Gasteiger charge is -2.23. The number of amides is 2. The summed E-state index contributed by atoms with van der Waals surface area (Å²) in [5, 5.41) is 4.71. The number of anilines is 1. The highest BCUT2D eigenvalue weighted by atomic mass is 32.1. The zero-order valence-corrected chi connectivity index (χ0v) is 17.1. The molecule has 0 unspecified atom stereocenters. The Morgan fingerprint density at radius 2 is 1.90 bits per heavy atom. The second-order valence-electron chi connectivity index (χ2n) is 6.73. The Hall–Kier alpha value is -2.62. The summed E-state index contributed by atoms with van der Waals surface area (Å²) in [6.07, 6.45) is -3.70. The van der Waals surface area contributed by atoms with Crippen molar-refractivity contribution >= 4 is 29.0 Å². The van der Waals surface area contributed by atoms with E-state index < -0.39 is 23.7 Å². The molecule has 0 aliphatic heterocycles. The van der Waals surface area contributed by atoms with Gasteiger partial charge in [-0.2, -0.15) is 13.2 Å². The fourth-order valence-corrected chi connectivity index (χ4v) is 3.13. The van der Waals surface area contributed by atoms with Gasteiger partial charge in [0.05, 0.1) is 19.2 Å². The van der Waals surface area contributed by atoms with Crippen LogP contribution in [-0.2, 0) is 17.5 Å². The van der Waals surface area contributed by atoms with E-state index in [1.54, 1.807) is 5.38 Å². The van der Waals surface area contributed by atoms with Gasteiger partial charge in [-0.15, -0.1) is 11.3 Å². The zero-order chi connectivity index (χ0) is 21.6. The number of benzene rings is 1. The van der Waals surface area contributed by atoms with Crippen LogP contribution in [0.4, 0.5) is 23.7 Å². The standard InChI is InChI=1S/C19H22F3N3O3S/c1-12(2)8-9-25(10-16-24-15(11-29-16)17(26)28-3)18(27)23-14-6-4-13(5-7-14)19(20,21)22/h4-7,11-12H,8-10H2,1-3H3,(H,23,27). The molecule has 0 spiro atoms. The molecule has 2 rings (SSSR count). The molecule has 0 saturated heterocycles. The van der Waals surface area contributed by atoms with Crippen LogP contribution in [0, 0.1) is 5.92 Å². The summed E-state index contributed by atoms with van der Waals surface area (Å²) in [6, 6.07) is 3.79. The first-order valence-corrected chi connectivity index (χ1v) is 9.74. The first-order valence-electron chi connectivity index (χ1n) is 8.86. The summed E-state index contributed by atoms with van der Waals surface area (Å²) in [5.74, 6) is -0.214. The number of alkyl halides is 3. The monoisotopic (exact) mass is 429 g/mol. The molecule has 158 valence electrons. The molecule has 1 aromatic heterocycles. The van der Waals surface area contributed by atoms with Gasteiger partial charge in [0.15, 0.2) is 5.69 Å². The Morgan fingerprint density at radius 1 is 1.24 bits per heavy atom. The van der Waals surface area contributed by atoms with Crippen LogP contribution >= 0.6 is 11.3 Å². The summed E-state index contributed by atoms with van der Waals surface area (Å²) in [5.41, 5.74) is -0.364. The Bertz CT molecular complexity index is 835. The molecule has 0 radical (unpaired) electrons. The number of urea groups is 1. The third-order valence-corrected chi connectivity index (χ3v) is 4.83. The van der Waals surface area contributed by atoms with E-state index >= 15 is 0 Å². The van der Waals surface area contributed by atoms with Gasteiger partial charge in [-0.1, -0.05) is 13.8 Å². The van der Waals surface area contributed by atoms with E-state index in [-0.39, 0.29) is 17.9 Å². The van der Waals surface area contributed by atoms with Crippen molar-refractivity contribution in [1.29, 1.82) is 0 Å². The van der Waals surface area contributed by atoms with Gasteiger partial charge in [-0.25, -0.2) is 14.6 Å². The quantitative estimate of drug-likeness (QED) is 0.627. The molecule has 2 aromatic rings. The lowest BCUT2D eigenvalue weighted by Crippen LogP contribution is -2.35. The minimum atomic E-state index is -4.44. The zero-order valence-electron chi connectivity index (χ0n) is 16.2. The predicted molar refractivity (Wildman–Crippen MR) is 104 cm³/mol. The molecule has 1 aromatic carbocycles. The van der Waals surface area contributed by atoms with Crippen molar-refractivity contribution in [2.24, 2.45) is 5.92 Å². The topological polar surface area (TPSA) is 71.5 Å². The Kier molecular flexibility index (Phi) is 7.60. The number of hydrogen-bond donors (Lipinski definition) is 1. The van der Waals surface area contributed by atoms with Crippen LogP contribution < -0.4 is 5.32 Å². The average molecular weight is 429 g/mol. The number of rotatable bonds is 7. The SMILES string of the molecule is COC(=O)c1csc(CN(CCC(C)C)C(=O)Nc2ccc(C(F)(F)F)cc2)n1. The third-order valence-electron chi connectivity index (χ3n) is 4.00. The number of carbonyl (C=O) groups excluding carboxylic acids is 2. The number of thiazole rings is 1. The van der Waals surface area contributed by atoms with Crippen LogP contribution in [0.25, 0.3) is 0 Å². The summed E-state index contributed by atoms with van der Waals surface area (Å²) < 4.78 is 42.7. The molecule has 0 saturated carbocycles. The van der Waals surface area contributed by atoms with Crippen LogP contribution in [0.5, 0.6) is 0 Å². The van der Waals surface area contributed by atoms with E-state index in [2.05, 4.69) is 15.0 Å². The number of nitrogens with zero attached hydrogens (tertiary/aromatic N) is 2.